The summed E-state index contributed by atoms with van der Waals surface area (Å²) in [5, 5.41) is 3.01. The maximum atomic E-state index is 11.6. The van der Waals surface area contributed by atoms with E-state index in [1.54, 1.807) is 0 Å². The van der Waals surface area contributed by atoms with E-state index >= 15 is 0 Å². The molecule has 2 fully saturated rings. The van der Waals surface area contributed by atoms with Gasteiger partial charge in [-0.25, -0.2) is 4.79 Å². The van der Waals surface area contributed by atoms with E-state index in [0.717, 1.165) is 12.8 Å². The van der Waals surface area contributed by atoms with Crippen LogP contribution in [0.4, 0.5) is 4.79 Å². The molecule has 92 valence electrons. The fraction of sp³-hybridized carbons (Fsp3) is 0.923. The summed E-state index contributed by atoms with van der Waals surface area (Å²) in [4.78, 5) is 11.6. The van der Waals surface area contributed by atoms with Crippen molar-refractivity contribution in [2.45, 2.75) is 70.9 Å². The quantitative estimate of drug-likeness (QED) is 0.744. The van der Waals surface area contributed by atoms with E-state index in [1.807, 2.05) is 20.8 Å². The van der Waals surface area contributed by atoms with Crippen molar-refractivity contribution >= 4 is 6.09 Å². The number of ether oxygens (including phenoxy) is 1. The van der Waals surface area contributed by atoms with Crippen molar-refractivity contribution in [3.05, 3.63) is 0 Å². The lowest BCUT2D eigenvalue weighted by molar-refractivity contribution is 0.0482. The SMILES string of the molecule is CC(C)(C)OC(=O)NC1CCCC2(CC2)C1. The zero-order valence-electron chi connectivity index (χ0n) is 10.6. The summed E-state index contributed by atoms with van der Waals surface area (Å²) in [5.74, 6) is 0. The molecule has 0 aliphatic heterocycles. The maximum Gasteiger partial charge on any atom is 0.407 e. The lowest BCUT2D eigenvalue weighted by Crippen LogP contribution is -2.41. The second-order valence-electron chi connectivity index (χ2n) is 6.44. The number of alkyl carbamates (subject to hydrolysis) is 1. The summed E-state index contributed by atoms with van der Waals surface area (Å²) in [6.07, 6.45) is 7.35. The number of carbonyl (C=O) groups excluding carboxylic acids is 1. The Kier molecular flexibility index (Phi) is 2.89. The fourth-order valence-electron chi connectivity index (χ4n) is 2.68. The Morgan fingerprint density at radius 1 is 1.31 bits per heavy atom. The Morgan fingerprint density at radius 2 is 2.00 bits per heavy atom. The summed E-state index contributed by atoms with van der Waals surface area (Å²) in [6, 6.07) is 0.339. The smallest absolute Gasteiger partial charge is 0.407 e. The van der Waals surface area contributed by atoms with E-state index in [2.05, 4.69) is 5.32 Å². The van der Waals surface area contributed by atoms with Crippen LogP contribution in [0, 0.1) is 5.41 Å². The molecule has 1 amide bonds. The molecule has 0 aromatic carbocycles. The van der Waals surface area contributed by atoms with Crippen LogP contribution in [0.3, 0.4) is 0 Å². The van der Waals surface area contributed by atoms with E-state index < -0.39 is 5.60 Å². The molecule has 2 rings (SSSR count). The summed E-state index contributed by atoms with van der Waals surface area (Å²) in [5.41, 5.74) is 0.202. The third-order valence-electron chi connectivity index (χ3n) is 3.62. The molecule has 16 heavy (non-hydrogen) atoms. The third-order valence-corrected chi connectivity index (χ3v) is 3.62. The van der Waals surface area contributed by atoms with Crippen LogP contribution in [0.25, 0.3) is 0 Å². The normalized spacial score (nSPS) is 27.6. The second-order valence-corrected chi connectivity index (χ2v) is 6.44. The van der Waals surface area contributed by atoms with Gasteiger partial charge in [-0.15, -0.1) is 0 Å². The van der Waals surface area contributed by atoms with Crippen LogP contribution >= 0.6 is 0 Å². The van der Waals surface area contributed by atoms with E-state index in [9.17, 15) is 4.79 Å². The topological polar surface area (TPSA) is 38.3 Å². The standard InChI is InChI=1S/C13H23NO2/c1-12(2,3)16-11(15)14-10-5-4-6-13(9-10)7-8-13/h10H,4-9H2,1-3H3,(H,14,15). The van der Waals surface area contributed by atoms with Gasteiger partial charge in [-0.2, -0.15) is 0 Å². The molecule has 0 radical (unpaired) electrons. The Labute approximate surface area is 97.9 Å². The minimum Gasteiger partial charge on any atom is -0.444 e. The van der Waals surface area contributed by atoms with Gasteiger partial charge in [0, 0.05) is 6.04 Å². The van der Waals surface area contributed by atoms with Gasteiger partial charge in [-0.05, 0) is 58.3 Å². The van der Waals surface area contributed by atoms with Gasteiger partial charge < -0.3 is 10.1 Å². The molecule has 0 bridgehead atoms. The van der Waals surface area contributed by atoms with E-state index in [4.69, 9.17) is 4.74 Å². The van der Waals surface area contributed by atoms with Gasteiger partial charge in [0.1, 0.15) is 5.60 Å². The first kappa shape index (κ1) is 11.7. The maximum absolute atomic E-state index is 11.6. The zero-order chi connectivity index (χ0) is 11.8. The molecule has 2 aliphatic carbocycles. The second kappa shape index (κ2) is 3.94. The minimum atomic E-state index is -0.393. The van der Waals surface area contributed by atoms with Gasteiger partial charge >= 0.3 is 6.09 Å². The van der Waals surface area contributed by atoms with Gasteiger partial charge in [-0.3, -0.25) is 0 Å². The van der Waals surface area contributed by atoms with Crippen LogP contribution in [-0.4, -0.2) is 17.7 Å². The lowest BCUT2D eigenvalue weighted by Gasteiger charge is -2.30. The number of hydrogen-bond donors (Lipinski definition) is 1. The van der Waals surface area contributed by atoms with Crippen molar-refractivity contribution < 1.29 is 9.53 Å². The first-order valence-electron chi connectivity index (χ1n) is 6.38. The molecular formula is C13H23NO2. The van der Waals surface area contributed by atoms with Crippen LogP contribution in [0.5, 0.6) is 0 Å². The highest BCUT2D eigenvalue weighted by Gasteiger charge is 2.46. The van der Waals surface area contributed by atoms with Crippen LogP contribution in [0.15, 0.2) is 0 Å². The fourth-order valence-corrected chi connectivity index (χ4v) is 2.68. The third kappa shape index (κ3) is 3.13. The largest absolute Gasteiger partial charge is 0.444 e. The van der Waals surface area contributed by atoms with Crippen LogP contribution in [0.1, 0.15) is 59.3 Å². The molecule has 2 aliphatic rings. The first-order valence-corrected chi connectivity index (χ1v) is 6.38. The summed E-state index contributed by atoms with van der Waals surface area (Å²) >= 11 is 0. The number of rotatable bonds is 1. The molecular weight excluding hydrogens is 202 g/mol. The molecule has 1 N–H and O–H groups in total. The van der Waals surface area contributed by atoms with Gasteiger partial charge in [0.25, 0.3) is 0 Å². The number of hydrogen-bond acceptors (Lipinski definition) is 2. The molecule has 1 unspecified atom stereocenters. The highest BCUT2D eigenvalue weighted by atomic mass is 16.6. The first-order chi connectivity index (χ1) is 7.39. The highest BCUT2D eigenvalue weighted by molar-refractivity contribution is 5.68. The highest BCUT2D eigenvalue weighted by Crippen LogP contribution is 2.56. The van der Waals surface area contributed by atoms with Crippen molar-refractivity contribution in [3.8, 4) is 0 Å². The molecule has 0 heterocycles. The summed E-state index contributed by atoms with van der Waals surface area (Å²) in [7, 11) is 0. The molecule has 2 saturated carbocycles. The van der Waals surface area contributed by atoms with Gasteiger partial charge in [0.05, 0.1) is 0 Å². The average molecular weight is 225 g/mol. The van der Waals surface area contributed by atoms with E-state index in [1.165, 1.54) is 25.7 Å². The molecule has 0 saturated heterocycles. The van der Waals surface area contributed by atoms with E-state index in [-0.39, 0.29) is 6.09 Å². The Hall–Kier alpha value is -0.730. The molecule has 0 aromatic heterocycles. The zero-order valence-corrected chi connectivity index (χ0v) is 10.6. The van der Waals surface area contributed by atoms with Crippen LogP contribution in [0.2, 0.25) is 0 Å². The van der Waals surface area contributed by atoms with Crippen LogP contribution in [-0.2, 0) is 4.74 Å². The Bertz CT molecular complexity index is 276. The monoisotopic (exact) mass is 225 g/mol. The van der Waals surface area contributed by atoms with Gasteiger partial charge in [-0.1, -0.05) is 6.42 Å². The number of carbonyl (C=O) groups is 1. The molecule has 3 nitrogen and oxygen atoms in total. The summed E-state index contributed by atoms with van der Waals surface area (Å²) in [6.45, 7) is 5.70. The average Bonchev–Trinajstić information content (AvgIpc) is 2.81. The Morgan fingerprint density at radius 3 is 2.56 bits per heavy atom. The molecule has 1 atom stereocenters. The number of amides is 1. The number of nitrogens with one attached hydrogen (secondary N) is 1. The minimum absolute atomic E-state index is 0.254. The predicted molar refractivity (Wildman–Crippen MR) is 63.3 cm³/mol. The van der Waals surface area contributed by atoms with Crippen molar-refractivity contribution in [2.75, 3.05) is 0 Å². The van der Waals surface area contributed by atoms with Crippen molar-refractivity contribution in [3.63, 3.8) is 0 Å². The summed E-state index contributed by atoms with van der Waals surface area (Å²) < 4.78 is 5.28. The molecule has 3 heteroatoms. The van der Waals surface area contributed by atoms with Crippen molar-refractivity contribution in [2.24, 2.45) is 5.41 Å². The molecule has 1 spiro atoms. The predicted octanol–water partition coefficient (Wildman–Crippen LogP) is 3.23. The van der Waals surface area contributed by atoms with Crippen molar-refractivity contribution in [1.82, 2.24) is 5.32 Å². The Balaban J connectivity index is 1.78. The van der Waals surface area contributed by atoms with Gasteiger partial charge in [0.15, 0.2) is 0 Å². The van der Waals surface area contributed by atoms with Gasteiger partial charge in [0.2, 0.25) is 0 Å². The molecule has 0 aromatic rings. The van der Waals surface area contributed by atoms with E-state index in [0.29, 0.717) is 11.5 Å². The van der Waals surface area contributed by atoms with Crippen LogP contribution < -0.4 is 5.32 Å². The lowest BCUT2D eigenvalue weighted by atomic mass is 9.83. The van der Waals surface area contributed by atoms with Crippen molar-refractivity contribution in [1.29, 1.82) is 0 Å².